The van der Waals surface area contributed by atoms with Crippen molar-refractivity contribution >= 4 is 41.3 Å². The number of guanidine groups is 1. The van der Waals surface area contributed by atoms with E-state index < -0.39 is 0 Å². The number of halogens is 1. The second-order valence-corrected chi connectivity index (χ2v) is 6.64. The Labute approximate surface area is 155 Å². The van der Waals surface area contributed by atoms with E-state index in [4.69, 9.17) is 9.73 Å². The van der Waals surface area contributed by atoms with Gasteiger partial charge in [-0.05, 0) is 49.6 Å². The first kappa shape index (κ1) is 19.7. The van der Waals surface area contributed by atoms with Crippen molar-refractivity contribution in [2.75, 3.05) is 33.4 Å². The van der Waals surface area contributed by atoms with Crippen molar-refractivity contribution in [1.82, 2.24) is 10.2 Å². The zero-order valence-electron chi connectivity index (χ0n) is 13.8. The van der Waals surface area contributed by atoms with Crippen LogP contribution in [0, 0.1) is 12.8 Å². The lowest BCUT2D eigenvalue weighted by molar-refractivity contribution is 0.115. The maximum Gasteiger partial charge on any atom is 0.194 e. The van der Waals surface area contributed by atoms with Crippen molar-refractivity contribution in [2.45, 2.75) is 33.2 Å². The third-order valence-corrected chi connectivity index (χ3v) is 4.67. The maximum atomic E-state index is 5.70. The molecule has 1 aliphatic carbocycles. The molecule has 6 heteroatoms. The lowest BCUT2D eigenvalue weighted by Crippen LogP contribution is -2.40. The number of aliphatic imine (C=N–C) groups is 1. The summed E-state index contributed by atoms with van der Waals surface area (Å²) in [5, 5.41) is 5.48. The molecule has 1 heterocycles. The highest BCUT2D eigenvalue weighted by atomic mass is 127. The molecule has 1 saturated carbocycles. The van der Waals surface area contributed by atoms with Gasteiger partial charge in [0, 0.05) is 31.6 Å². The monoisotopic (exact) mass is 437 g/mol. The van der Waals surface area contributed by atoms with Crippen LogP contribution in [0.25, 0.3) is 0 Å². The third-order valence-electron chi connectivity index (χ3n) is 3.66. The van der Waals surface area contributed by atoms with Gasteiger partial charge in [-0.3, -0.25) is 0 Å². The molecule has 0 atom stereocenters. The van der Waals surface area contributed by atoms with Gasteiger partial charge in [0.15, 0.2) is 5.96 Å². The number of nitrogens with zero attached hydrogens (tertiary/aromatic N) is 2. The predicted molar refractivity (Wildman–Crippen MR) is 105 cm³/mol. The Hall–Kier alpha value is -0.340. The summed E-state index contributed by atoms with van der Waals surface area (Å²) in [6.45, 7) is 8.45. The van der Waals surface area contributed by atoms with E-state index in [2.05, 4.69) is 42.6 Å². The molecule has 1 fully saturated rings. The molecule has 0 unspecified atom stereocenters. The molecule has 1 N–H and O–H groups in total. The molecule has 0 saturated heterocycles. The van der Waals surface area contributed by atoms with Crippen LogP contribution in [-0.2, 0) is 11.3 Å². The van der Waals surface area contributed by atoms with Crippen LogP contribution in [-0.4, -0.2) is 44.2 Å². The molecular formula is C16H28IN3OS. The molecule has 0 bridgehead atoms. The first-order chi connectivity index (χ1) is 10.2. The Bertz CT molecular complexity index is 460. The molecule has 1 aromatic heterocycles. The number of aryl methyl sites for hydroxylation is 1. The van der Waals surface area contributed by atoms with Gasteiger partial charge < -0.3 is 15.0 Å². The summed E-state index contributed by atoms with van der Waals surface area (Å²) >= 11 is 1.77. The average Bonchev–Trinajstić information content (AvgIpc) is 3.21. The number of hydrogen-bond donors (Lipinski definition) is 1. The van der Waals surface area contributed by atoms with Crippen LogP contribution in [0.3, 0.4) is 0 Å². The second kappa shape index (κ2) is 10.4. The van der Waals surface area contributed by atoms with Crippen molar-refractivity contribution in [3.63, 3.8) is 0 Å². The fraction of sp³-hybridized carbons (Fsp3) is 0.688. The lowest BCUT2D eigenvalue weighted by atomic mass is 10.3. The van der Waals surface area contributed by atoms with Gasteiger partial charge in [0.25, 0.3) is 0 Å². The van der Waals surface area contributed by atoms with Crippen molar-refractivity contribution in [1.29, 1.82) is 0 Å². The predicted octanol–water partition coefficient (Wildman–Crippen LogP) is 3.50. The number of rotatable bonds is 8. The number of hydrogen-bond acceptors (Lipinski definition) is 3. The van der Waals surface area contributed by atoms with E-state index in [-0.39, 0.29) is 24.0 Å². The molecule has 1 aliphatic rings. The van der Waals surface area contributed by atoms with E-state index in [0.717, 1.165) is 44.7 Å². The van der Waals surface area contributed by atoms with Gasteiger partial charge >= 0.3 is 0 Å². The molecular weight excluding hydrogens is 409 g/mol. The van der Waals surface area contributed by atoms with Crippen LogP contribution >= 0.6 is 35.3 Å². The van der Waals surface area contributed by atoms with Crippen molar-refractivity contribution in [3.8, 4) is 0 Å². The Morgan fingerprint density at radius 3 is 2.86 bits per heavy atom. The number of nitrogens with one attached hydrogen (secondary N) is 1. The normalized spacial score (nSPS) is 14.6. The zero-order valence-corrected chi connectivity index (χ0v) is 16.9. The molecule has 1 aromatic rings. The molecule has 0 aliphatic heterocycles. The summed E-state index contributed by atoms with van der Waals surface area (Å²) in [6.07, 6.45) is 2.69. The van der Waals surface area contributed by atoms with Crippen molar-refractivity contribution in [3.05, 3.63) is 21.9 Å². The molecule has 0 aromatic carbocycles. The van der Waals surface area contributed by atoms with E-state index >= 15 is 0 Å². The van der Waals surface area contributed by atoms with Gasteiger partial charge in [-0.15, -0.1) is 35.3 Å². The standard InChI is InChI=1S/C16H27N3OS.HI/c1-4-17-16(18-11-15-13(2)7-10-21-15)19(3)8-9-20-12-14-5-6-14;/h7,10,14H,4-6,8-9,11-12H2,1-3H3,(H,17,18);1H. The summed E-state index contributed by atoms with van der Waals surface area (Å²) in [7, 11) is 2.07. The van der Waals surface area contributed by atoms with Gasteiger partial charge in [-0.1, -0.05) is 0 Å². The highest BCUT2D eigenvalue weighted by molar-refractivity contribution is 14.0. The number of ether oxygens (including phenoxy) is 1. The second-order valence-electron chi connectivity index (χ2n) is 5.64. The summed E-state index contributed by atoms with van der Waals surface area (Å²) in [5.74, 6) is 1.79. The van der Waals surface area contributed by atoms with E-state index in [9.17, 15) is 0 Å². The van der Waals surface area contributed by atoms with Crippen LogP contribution in [0.5, 0.6) is 0 Å². The Morgan fingerprint density at radius 2 is 2.27 bits per heavy atom. The first-order valence-corrected chi connectivity index (χ1v) is 8.68. The van der Waals surface area contributed by atoms with E-state index in [1.165, 1.54) is 23.3 Å². The average molecular weight is 437 g/mol. The minimum absolute atomic E-state index is 0. The summed E-state index contributed by atoms with van der Waals surface area (Å²) < 4.78 is 5.70. The summed E-state index contributed by atoms with van der Waals surface area (Å²) in [4.78, 5) is 8.22. The van der Waals surface area contributed by atoms with Crippen LogP contribution in [0.15, 0.2) is 16.4 Å². The Kier molecular flexibility index (Phi) is 9.35. The molecule has 0 radical (unpaired) electrons. The van der Waals surface area contributed by atoms with Gasteiger partial charge in [-0.2, -0.15) is 0 Å². The highest BCUT2D eigenvalue weighted by Gasteiger charge is 2.21. The molecule has 22 heavy (non-hydrogen) atoms. The van der Waals surface area contributed by atoms with Crippen molar-refractivity contribution in [2.24, 2.45) is 10.9 Å². The maximum absolute atomic E-state index is 5.70. The van der Waals surface area contributed by atoms with Crippen LogP contribution in [0.2, 0.25) is 0 Å². The molecule has 4 nitrogen and oxygen atoms in total. The van der Waals surface area contributed by atoms with Crippen LogP contribution in [0.1, 0.15) is 30.2 Å². The SMILES string of the molecule is CCNC(=NCc1sccc1C)N(C)CCOCC1CC1.I. The van der Waals surface area contributed by atoms with Crippen LogP contribution < -0.4 is 5.32 Å². The fourth-order valence-electron chi connectivity index (χ4n) is 2.02. The van der Waals surface area contributed by atoms with E-state index in [0.29, 0.717) is 0 Å². The third kappa shape index (κ3) is 6.83. The minimum Gasteiger partial charge on any atom is -0.379 e. The molecule has 2 rings (SSSR count). The Morgan fingerprint density at radius 1 is 1.50 bits per heavy atom. The number of thiophene rings is 1. The largest absolute Gasteiger partial charge is 0.379 e. The van der Waals surface area contributed by atoms with Gasteiger partial charge in [0.2, 0.25) is 0 Å². The molecule has 126 valence electrons. The fourth-order valence-corrected chi connectivity index (χ4v) is 2.85. The van der Waals surface area contributed by atoms with E-state index in [1.807, 2.05) is 0 Å². The minimum atomic E-state index is 0. The zero-order chi connectivity index (χ0) is 15.1. The quantitative estimate of drug-likeness (QED) is 0.293. The van der Waals surface area contributed by atoms with E-state index in [1.54, 1.807) is 11.3 Å². The van der Waals surface area contributed by atoms with Crippen LogP contribution in [0.4, 0.5) is 0 Å². The van der Waals surface area contributed by atoms with Gasteiger partial charge in [-0.25, -0.2) is 4.99 Å². The number of likely N-dealkylation sites (N-methyl/N-ethyl adjacent to an activating group) is 1. The molecule has 0 amide bonds. The van der Waals surface area contributed by atoms with Crippen molar-refractivity contribution < 1.29 is 4.74 Å². The summed E-state index contributed by atoms with van der Waals surface area (Å²) in [6, 6.07) is 2.15. The Balaban J connectivity index is 0.00000242. The van der Waals surface area contributed by atoms with Gasteiger partial charge in [0.1, 0.15) is 0 Å². The highest BCUT2D eigenvalue weighted by Crippen LogP contribution is 2.28. The van der Waals surface area contributed by atoms with Gasteiger partial charge in [0.05, 0.1) is 13.2 Å². The molecule has 0 spiro atoms. The first-order valence-electron chi connectivity index (χ1n) is 7.81. The lowest BCUT2D eigenvalue weighted by Gasteiger charge is -2.22. The topological polar surface area (TPSA) is 36.9 Å². The smallest absolute Gasteiger partial charge is 0.194 e. The summed E-state index contributed by atoms with van der Waals surface area (Å²) in [5.41, 5.74) is 1.33.